The van der Waals surface area contributed by atoms with E-state index < -0.39 is 0 Å². The molecule has 144 valence electrons. The van der Waals surface area contributed by atoms with Crippen LogP contribution >= 0.6 is 11.6 Å². The van der Waals surface area contributed by atoms with Crippen LogP contribution in [-0.2, 0) is 13.1 Å². The second-order valence-corrected chi connectivity index (χ2v) is 7.22. The van der Waals surface area contributed by atoms with E-state index >= 15 is 0 Å². The Balaban J connectivity index is 1.65. The first-order valence-electron chi connectivity index (χ1n) is 9.18. The van der Waals surface area contributed by atoms with Crippen LogP contribution in [0, 0.1) is 0 Å². The summed E-state index contributed by atoms with van der Waals surface area (Å²) in [5.74, 6) is 0.487. The summed E-state index contributed by atoms with van der Waals surface area (Å²) in [4.78, 5) is 23.3. The van der Waals surface area contributed by atoms with Crippen molar-refractivity contribution in [1.29, 1.82) is 0 Å². The number of nitrogens with one attached hydrogen (secondary N) is 1. The number of hydrogen-bond donors (Lipinski definition) is 1. The smallest absolute Gasteiger partial charge is 0.274 e. The summed E-state index contributed by atoms with van der Waals surface area (Å²) < 4.78 is 0. The molecular weight excluding hydrogens is 372 g/mol. The maximum atomic E-state index is 12.9. The highest BCUT2D eigenvalue weighted by Crippen LogP contribution is 2.14. The fraction of sp³-hybridized carbons (Fsp3) is 0.227. The van der Waals surface area contributed by atoms with E-state index in [2.05, 4.69) is 15.3 Å². The first-order valence-corrected chi connectivity index (χ1v) is 9.56. The van der Waals surface area contributed by atoms with Gasteiger partial charge in [0.2, 0.25) is 0 Å². The molecule has 0 unspecified atom stereocenters. The summed E-state index contributed by atoms with van der Waals surface area (Å²) in [7, 11) is 0. The Morgan fingerprint density at radius 2 is 1.71 bits per heavy atom. The monoisotopic (exact) mass is 394 g/mol. The maximum absolute atomic E-state index is 12.9. The molecule has 0 radical (unpaired) electrons. The van der Waals surface area contributed by atoms with Gasteiger partial charge in [0.1, 0.15) is 11.5 Å². The first kappa shape index (κ1) is 19.8. The number of rotatable bonds is 7. The van der Waals surface area contributed by atoms with Crippen LogP contribution in [0.5, 0.6) is 0 Å². The van der Waals surface area contributed by atoms with Crippen LogP contribution in [0.25, 0.3) is 0 Å². The van der Waals surface area contributed by atoms with Crippen LogP contribution in [-0.4, -0.2) is 26.8 Å². The number of benzene rings is 2. The number of anilines is 1. The predicted octanol–water partition coefficient (Wildman–Crippen LogP) is 4.79. The Kier molecular flexibility index (Phi) is 6.61. The van der Waals surface area contributed by atoms with Crippen molar-refractivity contribution >= 4 is 23.3 Å². The summed E-state index contributed by atoms with van der Waals surface area (Å²) in [5.41, 5.74) is 2.50. The quantitative estimate of drug-likeness (QED) is 0.625. The van der Waals surface area contributed by atoms with Gasteiger partial charge in [-0.15, -0.1) is 0 Å². The van der Waals surface area contributed by atoms with Crippen molar-refractivity contribution in [2.75, 3.05) is 5.32 Å². The Labute approximate surface area is 170 Å². The summed E-state index contributed by atoms with van der Waals surface area (Å²) in [5, 5.41) is 3.90. The number of carbonyl (C=O) groups is 1. The Hall–Kier alpha value is -2.92. The van der Waals surface area contributed by atoms with Crippen LogP contribution in [0.3, 0.4) is 0 Å². The molecule has 0 bridgehead atoms. The van der Waals surface area contributed by atoms with E-state index in [-0.39, 0.29) is 11.9 Å². The van der Waals surface area contributed by atoms with Crippen LogP contribution < -0.4 is 5.32 Å². The highest BCUT2D eigenvalue weighted by atomic mass is 35.5. The summed E-state index contributed by atoms with van der Waals surface area (Å²) >= 11 is 5.90. The van der Waals surface area contributed by atoms with E-state index in [1.807, 2.05) is 68.4 Å². The molecule has 5 nitrogen and oxygen atoms in total. The average Bonchev–Trinajstić information content (AvgIpc) is 2.72. The van der Waals surface area contributed by atoms with Gasteiger partial charge in [-0.25, -0.2) is 9.97 Å². The Bertz CT molecular complexity index is 896. The zero-order valence-corrected chi connectivity index (χ0v) is 16.7. The zero-order valence-electron chi connectivity index (χ0n) is 16.0. The molecule has 3 aromatic rings. The van der Waals surface area contributed by atoms with E-state index in [1.165, 1.54) is 6.20 Å². The molecule has 0 aliphatic rings. The molecule has 6 heteroatoms. The summed E-state index contributed by atoms with van der Waals surface area (Å²) in [6.07, 6.45) is 3.11. The zero-order chi connectivity index (χ0) is 19.9. The molecule has 0 aliphatic carbocycles. The van der Waals surface area contributed by atoms with Gasteiger partial charge < -0.3 is 10.2 Å². The molecule has 0 aliphatic heterocycles. The third kappa shape index (κ3) is 5.30. The van der Waals surface area contributed by atoms with Gasteiger partial charge in [-0.05, 0) is 37.1 Å². The molecule has 2 aromatic carbocycles. The molecule has 1 heterocycles. The van der Waals surface area contributed by atoms with Gasteiger partial charge in [-0.2, -0.15) is 0 Å². The lowest BCUT2D eigenvalue weighted by Gasteiger charge is -2.26. The Morgan fingerprint density at radius 3 is 2.32 bits per heavy atom. The van der Waals surface area contributed by atoms with Gasteiger partial charge in [0, 0.05) is 24.2 Å². The number of amides is 1. The standard InChI is InChI=1S/C22H23ClN4O/c1-16(2)27(15-18-6-4-3-5-7-18)22(28)20-13-26-21(14-24-20)25-12-17-8-10-19(23)11-9-17/h3-11,13-14,16H,12,15H2,1-2H3,(H,25,26). The molecule has 0 saturated carbocycles. The molecule has 0 spiro atoms. The third-order valence-corrected chi connectivity index (χ3v) is 4.59. The lowest BCUT2D eigenvalue weighted by Crippen LogP contribution is -2.36. The van der Waals surface area contributed by atoms with Crippen molar-refractivity contribution in [2.24, 2.45) is 0 Å². The van der Waals surface area contributed by atoms with Crippen LogP contribution in [0.15, 0.2) is 67.0 Å². The van der Waals surface area contributed by atoms with Crippen molar-refractivity contribution in [3.05, 3.63) is 88.8 Å². The molecule has 0 atom stereocenters. The minimum Gasteiger partial charge on any atom is -0.365 e. The van der Waals surface area contributed by atoms with Crippen molar-refractivity contribution in [2.45, 2.75) is 33.0 Å². The van der Waals surface area contributed by atoms with Crippen molar-refractivity contribution in [3.8, 4) is 0 Å². The van der Waals surface area contributed by atoms with Crippen LogP contribution in [0.4, 0.5) is 5.82 Å². The second-order valence-electron chi connectivity index (χ2n) is 6.78. The number of hydrogen-bond acceptors (Lipinski definition) is 4. The van der Waals surface area contributed by atoms with Gasteiger partial charge in [-0.3, -0.25) is 4.79 Å². The van der Waals surface area contributed by atoms with Crippen molar-refractivity contribution in [1.82, 2.24) is 14.9 Å². The van der Waals surface area contributed by atoms with Crippen LogP contribution in [0.2, 0.25) is 5.02 Å². The minimum atomic E-state index is -0.129. The third-order valence-electron chi connectivity index (χ3n) is 4.34. The highest BCUT2D eigenvalue weighted by Gasteiger charge is 2.20. The average molecular weight is 395 g/mol. The fourth-order valence-electron chi connectivity index (χ4n) is 2.74. The fourth-order valence-corrected chi connectivity index (χ4v) is 2.87. The SMILES string of the molecule is CC(C)N(Cc1ccccc1)C(=O)c1cnc(NCc2ccc(Cl)cc2)cn1. The molecule has 28 heavy (non-hydrogen) atoms. The van der Waals surface area contributed by atoms with Gasteiger partial charge in [0.15, 0.2) is 0 Å². The van der Waals surface area contributed by atoms with Crippen molar-refractivity contribution in [3.63, 3.8) is 0 Å². The van der Waals surface area contributed by atoms with Gasteiger partial charge in [0.05, 0.1) is 12.4 Å². The molecule has 0 fully saturated rings. The highest BCUT2D eigenvalue weighted by molar-refractivity contribution is 6.30. The number of carbonyl (C=O) groups excluding carboxylic acids is 1. The summed E-state index contributed by atoms with van der Waals surface area (Å²) in [6.45, 7) is 5.13. The van der Waals surface area contributed by atoms with Gasteiger partial charge in [-0.1, -0.05) is 54.1 Å². The number of aromatic nitrogens is 2. The number of nitrogens with zero attached hydrogens (tertiary/aromatic N) is 3. The Morgan fingerprint density at radius 1 is 1.00 bits per heavy atom. The van der Waals surface area contributed by atoms with E-state index in [0.717, 1.165) is 11.1 Å². The normalized spacial score (nSPS) is 10.7. The first-order chi connectivity index (χ1) is 13.5. The largest absolute Gasteiger partial charge is 0.365 e. The predicted molar refractivity (Wildman–Crippen MR) is 112 cm³/mol. The van der Waals surface area contributed by atoms with E-state index in [4.69, 9.17) is 11.6 Å². The molecule has 1 N–H and O–H groups in total. The number of halogens is 1. The van der Waals surface area contributed by atoms with Gasteiger partial charge >= 0.3 is 0 Å². The van der Waals surface area contributed by atoms with E-state index in [0.29, 0.717) is 29.6 Å². The maximum Gasteiger partial charge on any atom is 0.274 e. The van der Waals surface area contributed by atoms with E-state index in [1.54, 1.807) is 11.1 Å². The summed E-state index contributed by atoms with van der Waals surface area (Å²) in [6, 6.07) is 17.6. The minimum absolute atomic E-state index is 0.0530. The molecule has 3 rings (SSSR count). The molecule has 1 amide bonds. The lowest BCUT2D eigenvalue weighted by atomic mass is 10.2. The lowest BCUT2D eigenvalue weighted by molar-refractivity contribution is 0.0684. The molecule has 1 aromatic heterocycles. The molecular formula is C22H23ClN4O. The van der Waals surface area contributed by atoms with Crippen molar-refractivity contribution < 1.29 is 4.79 Å². The molecule has 0 saturated heterocycles. The van der Waals surface area contributed by atoms with Crippen LogP contribution in [0.1, 0.15) is 35.5 Å². The topological polar surface area (TPSA) is 58.1 Å². The van der Waals surface area contributed by atoms with Gasteiger partial charge in [0.25, 0.3) is 5.91 Å². The second kappa shape index (κ2) is 9.33. The van der Waals surface area contributed by atoms with E-state index in [9.17, 15) is 4.79 Å².